The topological polar surface area (TPSA) is 35.8 Å². The third kappa shape index (κ3) is 2.86. The molecule has 0 aliphatic carbocycles. The van der Waals surface area contributed by atoms with E-state index in [2.05, 4.69) is 31.3 Å². The van der Waals surface area contributed by atoms with Gasteiger partial charge < -0.3 is 5.32 Å². The average Bonchev–Trinajstić information content (AvgIpc) is 2.66. The van der Waals surface area contributed by atoms with Crippen molar-refractivity contribution in [3.05, 3.63) is 51.2 Å². The molecular formula is C14H14N2S. The van der Waals surface area contributed by atoms with Gasteiger partial charge in [-0.25, -0.2) is 0 Å². The van der Waals surface area contributed by atoms with Crippen molar-refractivity contribution in [3.63, 3.8) is 0 Å². The van der Waals surface area contributed by atoms with Gasteiger partial charge in [-0.1, -0.05) is 0 Å². The van der Waals surface area contributed by atoms with Crippen LogP contribution in [0.15, 0.2) is 30.3 Å². The normalized spacial score (nSPS) is 9.94. The summed E-state index contributed by atoms with van der Waals surface area (Å²) in [5, 5.41) is 12.1. The maximum Gasteiger partial charge on any atom is 0.0991 e. The molecule has 0 fully saturated rings. The summed E-state index contributed by atoms with van der Waals surface area (Å²) in [7, 11) is 0. The van der Waals surface area contributed by atoms with E-state index in [-0.39, 0.29) is 0 Å². The molecule has 1 aromatic carbocycles. The van der Waals surface area contributed by atoms with Crippen molar-refractivity contribution in [3.8, 4) is 6.07 Å². The van der Waals surface area contributed by atoms with Gasteiger partial charge in [-0.05, 0) is 49.7 Å². The predicted octanol–water partition coefficient (Wildman–Crippen LogP) is 3.85. The van der Waals surface area contributed by atoms with E-state index in [0.717, 1.165) is 12.2 Å². The average molecular weight is 242 g/mol. The van der Waals surface area contributed by atoms with Crippen LogP contribution in [-0.4, -0.2) is 0 Å². The third-order valence-electron chi connectivity index (χ3n) is 2.64. The zero-order valence-electron chi connectivity index (χ0n) is 9.95. The van der Waals surface area contributed by atoms with Crippen LogP contribution in [0.1, 0.15) is 20.9 Å². The Balaban J connectivity index is 2.02. The number of nitrogens with one attached hydrogen (secondary N) is 1. The summed E-state index contributed by atoms with van der Waals surface area (Å²) < 4.78 is 0. The van der Waals surface area contributed by atoms with Gasteiger partial charge in [-0.15, -0.1) is 11.3 Å². The Labute approximate surface area is 106 Å². The first-order valence-corrected chi connectivity index (χ1v) is 6.30. The van der Waals surface area contributed by atoms with Gasteiger partial charge in [0, 0.05) is 22.0 Å². The van der Waals surface area contributed by atoms with Gasteiger partial charge in [0.2, 0.25) is 0 Å². The van der Waals surface area contributed by atoms with Crippen LogP contribution in [0.25, 0.3) is 0 Å². The quantitative estimate of drug-likeness (QED) is 0.887. The van der Waals surface area contributed by atoms with Gasteiger partial charge in [0.15, 0.2) is 0 Å². The van der Waals surface area contributed by atoms with Crippen LogP contribution in [0.3, 0.4) is 0 Å². The Morgan fingerprint density at radius 1 is 1.24 bits per heavy atom. The number of nitrogens with zero attached hydrogens (tertiary/aromatic N) is 1. The number of rotatable bonds is 3. The highest BCUT2D eigenvalue weighted by Crippen LogP contribution is 2.21. The molecule has 86 valence electrons. The number of hydrogen-bond acceptors (Lipinski definition) is 3. The molecule has 0 aliphatic heterocycles. The Bertz CT molecular complexity index is 547. The summed E-state index contributed by atoms with van der Waals surface area (Å²) in [6.45, 7) is 5.11. The highest BCUT2D eigenvalue weighted by Gasteiger charge is 2.02. The van der Waals surface area contributed by atoms with Crippen LogP contribution >= 0.6 is 11.3 Å². The second kappa shape index (κ2) is 5.03. The molecule has 0 spiro atoms. The van der Waals surface area contributed by atoms with Crippen molar-refractivity contribution >= 4 is 17.0 Å². The van der Waals surface area contributed by atoms with E-state index >= 15 is 0 Å². The minimum absolute atomic E-state index is 0.693. The van der Waals surface area contributed by atoms with E-state index in [1.807, 2.05) is 35.6 Å². The van der Waals surface area contributed by atoms with Crippen molar-refractivity contribution in [1.29, 1.82) is 5.26 Å². The summed E-state index contributed by atoms with van der Waals surface area (Å²) in [6, 6.07) is 11.9. The first-order valence-electron chi connectivity index (χ1n) is 5.49. The van der Waals surface area contributed by atoms with E-state index < -0.39 is 0 Å². The molecule has 0 amide bonds. The van der Waals surface area contributed by atoms with Crippen LogP contribution in [0.4, 0.5) is 5.69 Å². The molecule has 2 aromatic rings. The maximum absolute atomic E-state index is 8.71. The number of thiophene rings is 1. The largest absolute Gasteiger partial charge is 0.381 e. The molecule has 1 aromatic heterocycles. The number of benzene rings is 1. The zero-order chi connectivity index (χ0) is 12.3. The van der Waals surface area contributed by atoms with Crippen molar-refractivity contribution in [2.45, 2.75) is 20.4 Å². The lowest BCUT2D eigenvalue weighted by Gasteiger charge is -2.05. The maximum atomic E-state index is 8.71. The number of nitriles is 1. The van der Waals surface area contributed by atoms with Gasteiger partial charge in [-0.2, -0.15) is 5.26 Å². The monoisotopic (exact) mass is 242 g/mol. The Morgan fingerprint density at radius 2 is 1.94 bits per heavy atom. The molecule has 0 radical (unpaired) electrons. The van der Waals surface area contributed by atoms with Gasteiger partial charge in [0.05, 0.1) is 11.6 Å². The lowest BCUT2D eigenvalue weighted by Crippen LogP contribution is -1.99. The highest BCUT2D eigenvalue weighted by molar-refractivity contribution is 7.12. The lowest BCUT2D eigenvalue weighted by molar-refractivity contribution is 1.14. The van der Waals surface area contributed by atoms with Gasteiger partial charge in [-0.3, -0.25) is 0 Å². The summed E-state index contributed by atoms with van der Waals surface area (Å²) in [6.07, 6.45) is 0. The predicted molar refractivity (Wildman–Crippen MR) is 72.3 cm³/mol. The van der Waals surface area contributed by atoms with Crippen molar-refractivity contribution in [1.82, 2.24) is 0 Å². The smallest absolute Gasteiger partial charge is 0.0991 e. The first-order chi connectivity index (χ1) is 8.19. The third-order valence-corrected chi connectivity index (χ3v) is 3.65. The van der Waals surface area contributed by atoms with Crippen LogP contribution in [0.2, 0.25) is 0 Å². The number of hydrogen-bond donors (Lipinski definition) is 1. The standard InChI is InChI=1S/C14H14N2S/c1-10-7-13(11(2)17-10)9-16-14-5-3-12(8-15)4-6-14/h3-7,16H,9H2,1-2H3. The molecule has 17 heavy (non-hydrogen) atoms. The van der Waals surface area contributed by atoms with Gasteiger partial charge in [0.1, 0.15) is 0 Å². The SMILES string of the molecule is Cc1cc(CNc2ccc(C#N)cc2)c(C)s1. The van der Waals surface area contributed by atoms with Crippen LogP contribution < -0.4 is 5.32 Å². The second-order valence-electron chi connectivity index (χ2n) is 3.98. The van der Waals surface area contributed by atoms with Crippen LogP contribution in [-0.2, 0) is 6.54 Å². The number of aryl methyl sites for hydroxylation is 2. The van der Waals surface area contributed by atoms with Gasteiger partial charge >= 0.3 is 0 Å². The van der Waals surface area contributed by atoms with E-state index in [0.29, 0.717) is 5.56 Å². The first kappa shape index (κ1) is 11.7. The van der Waals surface area contributed by atoms with Crippen molar-refractivity contribution < 1.29 is 0 Å². The van der Waals surface area contributed by atoms with E-state index in [4.69, 9.17) is 5.26 Å². The molecule has 1 heterocycles. The summed E-state index contributed by atoms with van der Waals surface area (Å²) in [5.74, 6) is 0. The summed E-state index contributed by atoms with van der Waals surface area (Å²) >= 11 is 1.83. The van der Waals surface area contributed by atoms with E-state index in [1.165, 1.54) is 15.3 Å². The fourth-order valence-electron chi connectivity index (χ4n) is 1.72. The minimum Gasteiger partial charge on any atom is -0.381 e. The molecule has 0 bridgehead atoms. The Morgan fingerprint density at radius 3 is 2.47 bits per heavy atom. The fourth-order valence-corrected chi connectivity index (χ4v) is 2.67. The summed E-state index contributed by atoms with van der Waals surface area (Å²) in [5.41, 5.74) is 3.09. The molecule has 0 atom stereocenters. The van der Waals surface area contributed by atoms with E-state index in [1.54, 1.807) is 0 Å². The molecule has 0 saturated carbocycles. The molecule has 2 nitrogen and oxygen atoms in total. The Hall–Kier alpha value is -1.79. The molecule has 0 aliphatic rings. The molecular weight excluding hydrogens is 228 g/mol. The Kier molecular flexibility index (Phi) is 3.46. The highest BCUT2D eigenvalue weighted by atomic mass is 32.1. The molecule has 3 heteroatoms. The molecule has 1 N–H and O–H groups in total. The molecule has 0 saturated heterocycles. The van der Waals surface area contributed by atoms with Crippen LogP contribution in [0, 0.1) is 25.2 Å². The second-order valence-corrected chi connectivity index (χ2v) is 5.44. The van der Waals surface area contributed by atoms with Gasteiger partial charge in [0.25, 0.3) is 0 Å². The zero-order valence-corrected chi connectivity index (χ0v) is 10.8. The number of anilines is 1. The fraction of sp³-hybridized carbons (Fsp3) is 0.214. The summed E-state index contributed by atoms with van der Waals surface area (Å²) in [4.78, 5) is 2.71. The molecule has 0 unspecified atom stereocenters. The molecule has 2 rings (SSSR count). The lowest BCUT2D eigenvalue weighted by atomic mass is 10.2. The minimum atomic E-state index is 0.693. The van der Waals surface area contributed by atoms with Crippen molar-refractivity contribution in [2.75, 3.05) is 5.32 Å². The van der Waals surface area contributed by atoms with Crippen molar-refractivity contribution in [2.24, 2.45) is 0 Å². The van der Waals surface area contributed by atoms with Crippen LogP contribution in [0.5, 0.6) is 0 Å². The van der Waals surface area contributed by atoms with E-state index in [9.17, 15) is 0 Å².